The molecule has 0 fully saturated rings. The van der Waals surface area contributed by atoms with E-state index >= 15 is 0 Å². The van der Waals surface area contributed by atoms with E-state index in [1.807, 2.05) is 30.3 Å². The maximum atomic E-state index is 12.9. The van der Waals surface area contributed by atoms with Crippen molar-refractivity contribution < 1.29 is 24.2 Å². The van der Waals surface area contributed by atoms with Crippen LogP contribution in [0.1, 0.15) is 30.5 Å². The molecule has 32 heavy (non-hydrogen) atoms. The number of aliphatic hydroxyl groups excluding tert-OH is 1. The first-order valence-corrected chi connectivity index (χ1v) is 10.2. The highest BCUT2D eigenvalue weighted by Gasteiger charge is 2.32. The summed E-state index contributed by atoms with van der Waals surface area (Å²) in [5.41, 5.74) is 2.03. The number of ether oxygens (including phenoxy) is 1. The Kier molecular flexibility index (Phi) is 7.47. The predicted molar refractivity (Wildman–Crippen MR) is 119 cm³/mol. The maximum Gasteiger partial charge on any atom is 0.310 e. The fraction of sp³-hybridized carbons (Fsp3) is 0.292. The Morgan fingerprint density at radius 2 is 1.97 bits per heavy atom. The number of nitrogens with one attached hydrogen (secondary N) is 2. The van der Waals surface area contributed by atoms with Crippen LogP contribution in [0.25, 0.3) is 0 Å². The third-order valence-electron chi connectivity index (χ3n) is 4.98. The van der Waals surface area contributed by atoms with Gasteiger partial charge >= 0.3 is 11.8 Å². The van der Waals surface area contributed by atoms with Crippen molar-refractivity contribution in [3.8, 4) is 17.6 Å². The van der Waals surface area contributed by atoms with Crippen LogP contribution in [0.4, 0.5) is 5.69 Å². The highest BCUT2D eigenvalue weighted by molar-refractivity contribution is 6.35. The zero-order valence-electron chi connectivity index (χ0n) is 17.9. The summed E-state index contributed by atoms with van der Waals surface area (Å²) in [6.45, 7) is 1.63. The van der Waals surface area contributed by atoms with E-state index in [2.05, 4.69) is 22.5 Å². The lowest BCUT2D eigenvalue weighted by Gasteiger charge is -2.21. The topological polar surface area (TPSA) is 108 Å². The lowest BCUT2D eigenvalue weighted by atomic mass is 10.1. The molecule has 0 saturated heterocycles. The number of aliphatic hydroxyl groups is 1. The Morgan fingerprint density at radius 3 is 2.69 bits per heavy atom. The molecule has 0 unspecified atom stereocenters. The molecule has 2 aromatic rings. The SMILES string of the molecule is C[C@H](NC(=O)C(=O)N[C@H]1COc2ccc(C#CCCO)cc2N(C)C1=O)c1ccccc1. The lowest BCUT2D eigenvalue weighted by molar-refractivity contribution is -0.141. The average Bonchev–Trinajstić information content (AvgIpc) is 2.92. The first-order valence-electron chi connectivity index (χ1n) is 10.2. The van der Waals surface area contributed by atoms with Crippen LogP contribution in [0, 0.1) is 11.8 Å². The van der Waals surface area contributed by atoms with Crippen molar-refractivity contribution in [1.29, 1.82) is 0 Å². The van der Waals surface area contributed by atoms with E-state index in [-0.39, 0.29) is 19.3 Å². The summed E-state index contributed by atoms with van der Waals surface area (Å²) in [4.78, 5) is 39.1. The van der Waals surface area contributed by atoms with Gasteiger partial charge in [0.25, 0.3) is 5.91 Å². The van der Waals surface area contributed by atoms with Crippen LogP contribution in [0.3, 0.4) is 0 Å². The Labute approximate surface area is 186 Å². The van der Waals surface area contributed by atoms with E-state index < -0.39 is 23.8 Å². The first-order chi connectivity index (χ1) is 15.4. The highest BCUT2D eigenvalue weighted by atomic mass is 16.5. The molecule has 0 spiro atoms. The molecule has 3 N–H and O–H groups in total. The zero-order valence-corrected chi connectivity index (χ0v) is 17.9. The van der Waals surface area contributed by atoms with Crippen LogP contribution in [0.2, 0.25) is 0 Å². The van der Waals surface area contributed by atoms with Gasteiger partial charge < -0.3 is 25.4 Å². The minimum Gasteiger partial charge on any atom is -0.489 e. The predicted octanol–water partition coefficient (Wildman–Crippen LogP) is 1.14. The monoisotopic (exact) mass is 435 g/mol. The van der Waals surface area contributed by atoms with E-state index in [4.69, 9.17) is 9.84 Å². The van der Waals surface area contributed by atoms with E-state index in [1.54, 1.807) is 32.2 Å². The second kappa shape index (κ2) is 10.5. The molecule has 8 nitrogen and oxygen atoms in total. The van der Waals surface area contributed by atoms with Crippen molar-refractivity contribution in [3.63, 3.8) is 0 Å². The molecular weight excluding hydrogens is 410 g/mol. The molecule has 1 heterocycles. The minimum absolute atomic E-state index is 0.0292. The van der Waals surface area contributed by atoms with E-state index in [1.165, 1.54) is 4.90 Å². The summed E-state index contributed by atoms with van der Waals surface area (Å²) in [7, 11) is 1.57. The fourth-order valence-corrected chi connectivity index (χ4v) is 3.21. The summed E-state index contributed by atoms with van der Waals surface area (Å²) in [5, 5.41) is 13.9. The van der Waals surface area contributed by atoms with Gasteiger partial charge in [-0.2, -0.15) is 0 Å². The van der Waals surface area contributed by atoms with Crippen LogP contribution in [-0.4, -0.2) is 49.1 Å². The number of nitrogens with zero attached hydrogens (tertiary/aromatic N) is 1. The van der Waals surface area contributed by atoms with Crippen LogP contribution >= 0.6 is 0 Å². The second-order valence-electron chi connectivity index (χ2n) is 7.30. The maximum absolute atomic E-state index is 12.9. The standard InChI is InChI=1S/C24H25N3O5/c1-16(18-9-4-3-5-10-18)25-22(29)23(30)26-19-15-32-21-12-11-17(8-6-7-13-28)14-20(21)27(2)24(19)31/h3-5,9-12,14,16,19,28H,7,13,15H2,1-2H3,(H,25,29)(H,26,30)/t16-,19-/m0/s1. The summed E-state index contributed by atoms with van der Waals surface area (Å²) in [6.07, 6.45) is 0.349. The molecule has 1 aliphatic rings. The smallest absolute Gasteiger partial charge is 0.310 e. The molecule has 0 saturated carbocycles. The Bertz CT molecular complexity index is 1060. The second-order valence-corrected chi connectivity index (χ2v) is 7.30. The number of benzene rings is 2. The number of likely N-dealkylation sites (N-methyl/N-ethyl adjacent to an activating group) is 1. The van der Waals surface area contributed by atoms with Gasteiger partial charge in [-0.25, -0.2) is 0 Å². The van der Waals surface area contributed by atoms with Crippen LogP contribution in [-0.2, 0) is 14.4 Å². The molecule has 3 rings (SSSR count). The molecule has 0 aromatic heterocycles. The number of amides is 3. The molecular formula is C24H25N3O5. The number of anilines is 1. The molecule has 2 atom stereocenters. The van der Waals surface area contributed by atoms with Gasteiger partial charge in [-0.3, -0.25) is 14.4 Å². The summed E-state index contributed by atoms with van der Waals surface area (Å²) in [6, 6.07) is 13.0. The number of carbonyl (C=O) groups is 3. The van der Waals surface area contributed by atoms with E-state index in [0.717, 1.165) is 5.56 Å². The molecule has 8 heteroatoms. The van der Waals surface area contributed by atoms with Gasteiger partial charge in [-0.15, -0.1) is 0 Å². The average molecular weight is 435 g/mol. The Morgan fingerprint density at radius 1 is 1.22 bits per heavy atom. The van der Waals surface area contributed by atoms with Crippen LogP contribution < -0.4 is 20.3 Å². The van der Waals surface area contributed by atoms with Crippen molar-refractivity contribution in [1.82, 2.24) is 10.6 Å². The van der Waals surface area contributed by atoms with E-state index in [0.29, 0.717) is 23.4 Å². The number of hydrogen-bond donors (Lipinski definition) is 3. The van der Waals surface area contributed by atoms with Gasteiger partial charge in [0.05, 0.1) is 18.3 Å². The van der Waals surface area contributed by atoms with Crippen molar-refractivity contribution >= 4 is 23.4 Å². The lowest BCUT2D eigenvalue weighted by Crippen LogP contribution is -2.53. The largest absolute Gasteiger partial charge is 0.489 e. The summed E-state index contributed by atoms with van der Waals surface area (Å²) in [5.74, 6) is 4.05. The third kappa shape index (κ3) is 5.45. The van der Waals surface area contributed by atoms with Crippen molar-refractivity contribution in [2.45, 2.75) is 25.4 Å². The quantitative estimate of drug-likeness (QED) is 0.493. The van der Waals surface area contributed by atoms with Gasteiger partial charge in [0.2, 0.25) is 0 Å². The van der Waals surface area contributed by atoms with Gasteiger partial charge in [0, 0.05) is 19.0 Å². The first kappa shape index (κ1) is 22.8. The summed E-state index contributed by atoms with van der Waals surface area (Å²) < 4.78 is 5.72. The van der Waals surface area contributed by atoms with Crippen LogP contribution in [0.5, 0.6) is 5.75 Å². The summed E-state index contributed by atoms with van der Waals surface area (Å²) >= 11 is 0. The van der Waals surface area contributed by atoms with Crippen molar-refractivity contribution in [3.05, 3.63) is 59.7 Å². The van der Waals surface area contributed by atoms with Crippen molar-refractivity contribution in [2.75, 3.05) is 25.2 Å². The van der Waals surface area contributed by atoms with Crippen LogP contribution in [0.15, 0.2) is 48.5 Å². The Balaban J connectivity index is 1.66. The number of fused-ring (bicyclic) bond motifs is 1. The number of rotatable bonds is 4. The number of hydrogen-bond acceptors (Lipinski definition) is 5. The molecule has 0 bridgehead atoms. The minimum atomic E-state index is -1.03. The van der Waals surface area contributed by atoms with Gasteiger partial charge in [-0.1, -0.05) is 42.2 Å². The fourth-order valence-electron chi connectivity index (χ4n) is 3.21. The van der Waals surface area contributed by atoms with Crippen molar-refractivity contribution in [2.24, 2.45) is 0 Å². The van der Waals surface area contributed by atoms with Gasteiger partial charge in [0.1, 0.15) is 18.4 Å². The normalized spacial score (nSPS) is 15.9. The molecule has 166 valence electrons. The van der Waals surface area contributed by atoms with Gasteiger partial charge in [0.15, 0.2) is 0 Å². The molecule has 0 aliphatic carbocycles. The molecule has 1 aliphatic heterocycles. The molecule has 3 amide bonds. The highest BCUT2D eigenvalue weighted by Crippen LogP contribution is 2.31. The number of carbonyl (C=O) groups excluding carboxylic acids is 3. The van der Waals surface area contributed by atoms with E-state index in [9.17, 15) is 14.4 Å². The molecule has 0 radical (unpaired) electrons. The third-order valence-corrected chi connectivity index (χ3v) is 4.98. The Hall–Kier alpha value is -3.83. The molecule has 2 aromatic carbocycles. The van der Waals surface area contributed by atoms with Gasteiger partial charge in [-0.05, 0) is 30.7 Å². The zero-order chi connectivity index (χ0) is 23.1.